The Bertz CT molecular complexity index is 805. The van der Waals surface area contributed by atoms with E-state index < -0.39 is 29.0 Å². The van der Waals surface area contributed by atoms with Crippen LogP contribution in [0.4, 0.5) is 13.2 Å². The van der Waals surface area contributed by atoms with Gasteiger partial charge in [-0.05, 0) is 48.2 Å². The number of hydrogen-bond donors (Lipinski definition) is 2. The number of para-hydroxylation sites is 1. The number of benzene rings is 2. The molecule has 7 heteroatoms. The van der Waals surface area contributed by atoms with Gasteiger partial charge in [0.15, 0.2) is 0 Å². The fraction of sp³-hybridized carbons (Fsp3) is 0.235. The van der Waals surface area contributed by atoms with E-state index >= 15 is 0 Å². The summed E-state index contributed by atoms with van der Waals surface area (Å²) in [5.41, 5.74) is 0.265. The highest BCUT2D eigenvalue weighted by atomic mass is 35.5. The number of nitrogens with one attached hydrogen (secondary N) is 1. The Labute approximate surface area is 141 Å². The topological polar surface area (TPSA) is 49.3 Å². The van der Waals surface area contributed by atoms with Gasteiger partial charge in [0.05, 0.1) is 17.2 Å². The number of phenols is 1. The molecule has 2 aromatic carbocycles. The monoisotopic (exact) mass is 355 g/mol. The molecule has 0 saturated carbocycles. The Kier molecular flexibility index (Phi) is 4.17. The van der Waals surface area contributed by atoms with Crippen molar-refractivity contribution in [3.63, 3.8) is 0 Å². The van der Waals surface area contributed by atoms with Gasteiger partial charge >= 0.3 is 6.18 Å². The first kappa shape index (κ1) is 16.6. The van der Waals surface area contributed by atoms with Crippen LogP contribution < -0.4 is 5.32 Å². The molecule has 1 aliphatic carbocycles. The van der Waals surface area contributed by atoms with E-state index in [4.69, 9.17) is 11.6 Å². The molecule has 24 heavy (non-hydrogen) atoms. The molecule has 0 bridgehead atoms. The molecule has 1 amide bonds. The molecule has 0 spiro atoms. The van der Waals surface area contributed by atoms with E-state index in [0.717, 1.165) is 35.7 Å². The minimum atomic E-state index is -4.73. The summed E-state index contributed by atoms with van der Waals surface area (Å²) in [7, 11) is 0. The summed E-state index contributed by atoms with van der Waals surface area (Å²) in [5, 5.41) is 13.1. The molecule has 0 aromatic heterocycles. The molecule has 2 aromatic rings. The summed E-state index contributed by atoms with van der Waals surface area (Å²) in [6.45, 7) is 0. The molecule has 0 aliphatic heterocycles. The zero-order valence-electron chi connectivity index (χ0n) is 12.3. The highest BCUT2D eigenvalue weighted by Gasteiger charge is 2.36. The maximum absolute atomic E-state index is 12.8. The fourth-order valence-electron chi connectivity index (χ4n) is 2.93. The first-order valence-electron chi connectivity index (χ1n) is 7.25. The number of hydrogen-bond acceptors (Lipinski definition) is 2. The lowest BCUT2D eigenvalue weighted by atomic mass is 10.1. The van der Waals surface area contributed by atoms with Crippen molar-refractivity contribution in [2.75, 3.05) is 0 Å². The van der Waals surface area contributed by atoms with Gasteiger partial charge in [-0.15, -0.1) is 0 Å². The molecule has 0 radical (unpaired) electrons. The Morgan fingerprint density at radius 2 is 2.00 bits per heavy atom. The summed E-state index contributed by atoms with van der Waals surface area (Å²) in [5.74, 6) is -1.80. The molecule has 3 nitrogen and oxygen atoms in total. The first-order valence-corrected chi connectivity index (χ1v) is 7.63. The van der Waals surface area contributed by atoms with Crippen molar-refractivity contribution >= 4 is 17.5 Å². The Morgan fingerprint density at radius 1 is 1.25 bits per heavy atom. The van der Waals surface area contributed by atoms with E-state index in [1.54, 1.807) is 12.1 Å². The second kappa shape index (κ2) is 6.02. The average Bonchev–Trinajstić information content (AvgIpc) is 2.88. The summed E-state index contributed by atoms with van der Waals surface area (Å²) in [6.07, 6.45) is -3.38. The largest absolute Gasteiger partial charge is 0.506 e. The Balaban J connectivity index is 1.85. The van der Waals surface area contributed by atoms with Gasteiger partial charge in [0.25, 0.3) is 5.91 Å². The van der Waals surface area contributed by atoms with Gasteiger partial charge in [-0.25, -0.2) is 0 Å². The van der Waals surface area contributed by atoms with Gasteiger partial charge < -0.3 is 10.4 Å². The molecule has 0 heterocycles. The van der Waals surface area contributed by atoms with E-state index in [1.807, 2.05) is 6.07 Å². The number of amides is 1. The SMILES string of the molecule is O=C(NC1CCc2cc(Cl)ccc21)c1cccc(C(F)(F)F)c1O. The van der Waals surface area contributed by atoms with Crippen molar-refractivity contribution in [1.29, 1.82) is 0 Å². The molecular formula is C17H13ClF3NO2. The van der Waals surface area contributed by atoms with Crippen molar-refractivity contribution in [1.82, 2.24) is 5.32 Å². The number of carbonyl (C=O) groups excluding carboxylic acids is 1. The smallest absolute Gasteiger partial charge is 0.419 e. The highest BCUT2D eigenvalue weighted by molar-refractivity contribution is 6.30. The number of carbonyl (C=O) groups is 1. The highest BCUT2D eigenvalue weighted by Crippen LogP contribution is 2.38. The molecule has 1 aliphatic rings. The van der Waals surface area contributed by atoms with Crippen molar-refractivity contribution < 1.29 is 23.1 Å². The number of rotatable bonds is 2. The van der Waals surface area contributed by atoms with Crippen LogP contribution in [0, 0.1) is 0 Å². The normalized spacial score (nSPS) is 16.8. The summed E-state index contributed by atoms with van der Waals surface area (Å²) >= 11 is 5.93. The van der Waals surface area contributed by atoms with E-state index in [0.29, 0.717) is 11.4 Å². The van der Waals surface area contributed by atoms with E-state index in [9.17, 15) is 23.1 Å². The van der Waals surface area contributed by atoms with Crippen LogP contribution in [0.1, 0.15) is 39.5 Å². The Hall–Kier alpha value is -2.21. The zero-order valence-corrected chi connectivity index (χ0v) is 13.1. The molecule has 1 atom stereocenters. The third-order valence-electron chi connectivity index (χ3n) is 4.07. The second-order valence-electron chi connectivity index (χ2n) is 5.61. The second-order valence-corrected chi connectivity index (χ2v) is 6.04. The lowest BCUT2D eigenvalue weighted by Crippen LogP contribution is -2.27. The average molecular weight is 356 g/mol. The van der Waals surface area contributed by atoms with Crippen LogP contribution in [0.25, 0.3) is 0 Å². The van der Waals surface area contributed by atoms with Gasteiger partial charge in [0.2, 0.25) is 0 Å². The van der Waals surface area contributed by atoms with Crippen LogP contribution >= 0.6 is 11.6 Å². The Morgan fingerprint density at radius 3 is 2.71 bits per heavy atom. The van der Waals surface area contributed by atoms with Gasteiger partial charge in [0.1, 0.15) is 5.75 Å². The minimum absolute atomic E-state index is 0.321. The molecule has 126 valence electrons. The third-order valence-corrected chi connectivity index (χ3v) is 4.31. The standard InChI is InChI=1S/C17H13ClF3NO2/c18-10-5-6-11-9(8-10)4-7-14(11)22-16(24)12-2-1-3-13(15(12)23)17(19,20)21/h1-3,5-6,8,14,23H,4,7H2,(H,22,24). The number of phenolic OH excluding ortho intramolecular Hbond substituents is 1. The lowest BCUT2D eigenvalue weighted by molar-refractivity contribution is -0.138. The van der Waals surface area contributed by atoms with Gasteiger partial charge in [-0.2, -0.15) is 13.2 Å². The van der Waals surface area contributed by atoms with E-state index in [-0.39, 0.29) is 6.04 Å². The summed E-state index contributed by atoms with van der Waals surface area (Å²) < 4.78 is 38.5. The van der Waals surface area contributed by atoms with Crippen molar-refractivity contribution in [2.45, 2.75) is 25.1 Å². The van der Waals surface area contributed by atoms with Gasteiger partial charge in [0, 0.05) is 5.02 Å². The molecule has 0 fully saturated rings. The van der Waals surface area contributed by atoms with Crippen LogP contribution in [-0.2, 0) is 12.6 Å². The van der Waals surface area contributed by atoms with E-state index in [1.165, 1.54) is 0 Å². The van der Waals surface area contributed by atoms with Crippen molar-refractivity contribution in [2.24, 2.45) is 0 Å². The summed E-state index contributed by atoms with van der Waals surface area (Å²) in [6, 6.07) is 7.98. The van der Waals surface area contributed by atoms with Crippen LogP contribution in [0.3, 0.4) is 0 Å². The van der Waals surface area contributed by atoms with Gasteiger partial charge in [-0.1, -0.05) is 23.7 Å². The molecule has 2 N–H and O–H groups in total. The maximum Gasteiger partial charge on any atom is 0.419 e. The number of halogens is 4. The summed E-state index contributed by atoms with van der Waals surface area (Å²) in [4.78, 5) is 12.3. The van der Waals surface area contributed by atoms with E-state index in [2.05, 4.69) is 5.32 Å². The lowest BCUT2D eigenvalue weighted by Gasteiger charge is -2.16. The molecule has 1 unspecified atom stereocenters. The fourth-order valence-corrected chi connectivity index (χ4v) is 3.12. The van der Waals surface area contributed by atoms with Crippen LogP contribution in [0.15, 0.2) is 36.4 Å². The predicted molar refractivity (Wildman–Crippen MR) is 83.1 cm³/mol. The molecule has 0 saturated heterocycles. The number of aromatic hydroxyl groups is 1. The number of fused-ring (bicyclic) bond motifs is 1. The van der Waals surface area contributed by atoms with Crippen LogP contribution in [-0.4, -0.2) is 11.0 Å². The minimum Gasteiger partial charge on any atom is -0.506 e. The van der Waals surface area contributed by atoms with Crippen LogP contribution in [0.5, 0.6) is 5.75 Å². The number of alkyl halides is 3. The van der Waals surface area contributed by atoms with Crippen molar-refractivity contribution in [3.05, 3.63) is 63.7 Å². The van der Waals surface area contributed by atoms with Gasteiger partial charge in [-0.3, -0.25) is 4.79 Å². The van der Waals surface area contributed by atoms with Crippen LogP contribution in [0.2, 0.25) is 5.02 Å². The molecule has 3 rings (SSSR count). The predicted octanol–water partition coefficient (Wildman–Crippen LogP) is 4.48. The quantitative estimate of drug-likeness (QED) is 0.834. The number of aryl methyl sites for hydroxylation is 1. The zero-order chi connectivity index (χ0) is 17.5. The van der Waals surface area contributed by atoms with Crippen molar-refractivity contribution in [3.8, 4) is 5.75 Å². The molecular weight excluding hydrogens is 343 g/mol. The third kappa shape index (κ3) is 3.06. The maximum atomic E-state index is 12.8. The first-order chi connectivity index (χ1) is 11.3.